The Bertz CT molecular complexity index is 1780. The zero-order chi connectivity index (χ0) is 37.5. The summed E-state index contributed by atoms with van der Waals surface area (Å²) in [6.45, 7) is 0.151. The Morgan fingerprint density at radius 2 is 1.31 bits per heavy atom. The first-order valence-electron chi connectivity index (χ1n) is 17.2. The van der Waals surface area contributed by atoms with E-state index in [1.807, 2.05) is 42.5 Å². The number of carbonyl (C=O) groups is 4. The Balaban J connectivity index is 1.67. The molecule has 0 fully saturated rings. The fourth-order valence-corrected chi connectivity index (χ4v) is 5.82. The summed E-state index contributed by atoms with van der Waals surface area (Å²) in [6.07, 6.45) is 5.32. The van der Waals surface area contributed by atoms with Crippen molar-refractivity contribution in [3.05, 3.63) is 90.0 Å². The van der Waals surface area contributed by atoms with Crippen LogP contribution in [0.1, 0.15) is 36.8 Å². The molecular formula is C37H48N10O5. The highest BCUT2D eigenvalue weighted by atomic mass is 16.3. The SMILES string of the molecule is NC(N)=NCCC[C@H]1/C=C/[C@@H](Cc2ccc3ccccc3c2)C(=O)NCC(=O)NC(Cc2ccc(O)cc2)C(=O)N[C@@H](CCCN=C(N)N)C(=O)N1. The predicted molar refractivity (Wildman–Crippen MR) is 201 cm³/mol. The van der Waals surface area contributed by atoms with Crippen LogP contribution in [0.3, 0.4) is 0 Å². The van der Waals surface area contributed by atoms with Crippen LogP contribution in [0.5, 0.6) is 5.75 Å². The van der Waals surface area contributed by atoms with Gasteiger partial charge < -0.3 is 49.3 Å². The van der Waals surface area contributed by atoms with Crippen LogP contribution < -0.4 is 44.2 Å². The van der Waals surface area contributed by atoms with Crippen LogP contribution in [0.15, 0.2) is 88.9 Å². The first kappa shape index (κ1) is 38.7. The summed E-state index contributed by atoms with van der Waals surface area (Å²) in [6, 6.07) is 17.4. The first-order chi connectivity index (χ1) is 25.0. The van der Waals surface area contributed by atoms with Gasteiger partial charge >= 0.3 is 0 Å². The van der Waals surface area contributed by atoms with E-state index in [1.54, 1.807) is 24.3 Å². The van der Waals surface area contributed by atoms with Crippen molar-refractivity contribution in [1.82, 2.24) is 21.3 Å². The molecule has 1 aliphatic rings. The Labute approximate surface area is 302 Å². The molecule has 3 aromatic rings. The summed E-state index contributed by atoms with van der Waals surface area (Å²) in [5, 5.41) is 23.1. The van der Waals surface area contributed by atoms with Gasteiger partial charge in [0.1, 0.15) is 17.8 Å². The summed E-state index contributed by atoms with van der Waals surface area (Å²) < 4.78 is 0. The van der Waals surface area contributed by atoms with Crippen molar-refractivity contribution in [2.45, 2.75) is 56.7 Å². The first-order valence-corrected chi connectivity index (χ1v) is 17.2. The van der Waals surface area contributed by atoms with Crippen molar-refractivity contribution in [2.75, 3.05) is 19.6 Å². The van der Waals surface area contributed by atoms with Crippen molar-refractivity contribution in [2.24, 2.45) is 38.8 Å². The van der Waals surface area contributed by atoms with Crippen LogP contribution in [0.4, 0.5) is 0 Å². The number of amides is 4. The zero-order valence-corrected chi connectivity index (χ0v) is 29.0. The Hall–Kier alpha value is -6.12. The Kier molecular flexibility index (Phi) is 14.4. The molecule has 15 nitrogen and oxygen atoms in total. The molecule has 4 rings (SSSR count). The van der Waals surface area contributed by atoms with Crippen molar-refractivity contribution >= 4 is 46.3 Å². The van der Waals surface area contributed by atoms with Crippen molar-refractivity contribution in [1.29, 1.82) is 0 Å². The maximum absolute atomic E-state index is 13.9. The van der Waals surface area contributed by atoms with Gasteiger partial charge in [-0.1, -0.05) is 66.7 Å². The number of rotatable bonds is 12. The molecule has 1 unspecified atom stereocenters. The number of nitrogens with zero attached hydrogens (tertiary/aromatic N) is 2. The maximum atomic E-state index is 13.9. The summed E-state index contributed by atoms with van der Waals surface area (Å²) in [5.41, 5.74) is 23.5. The third-order valence-electron chi connectivity index (χ3n) is 8.51. The smallest absolute Gasteiger partial charge is 0.243 e. The molecule has 0 spiro atoms. The molecule has 13 N–H and O–H groups in total. The van der Waals surface area contributed by atoms with Crippen molar-refractivity contribution in [3.8, 4) is 5.75 Å². The number of phenols is 1. The van der Waals surface area contributed by atoms with Crippen molar-refractivity contribution in [3.63, 3.8) is 0 Å². The average Bonchev–Trinajstić information content (AvgIpc) is 3.11. The molecule has 4 amide bonds. The molecule has 276 valence electrons. The van der Waals surface area contributed by atoms with E-state index in [0.717, 1.165) is 16.3 Å². The lowest BCUT2D eigenvalue weighted by molar-refractivity contribution is -0.132. The van der Waals surface area contributed by atoms with E-state index in [1.165, 1.54) is 12.1 Å². The average molecular weight is 713 g/mol. The largest absolute Gasteiger partial charge is 0.508 e. The molecule has 15 heteroatoms. The van der Waals surface area contributed by atoms with Gasteiger partial charge in [-0.2, -0.15) is 0 Å². The fraction of sp³-hybridized carbons (Fsp3) is 0.351. The summed E-state index contributed by atoms with van der Waals surface area (Å²) in [4.78, 5) is 62.6. The molecule has 0 saturated heterocycles. The number of nitrogens with two attached hydrogens (primary N) is 4. The van der Waals surface area contributed by atoms with Gasteiger partial charge in [-0.05, 0) is 66.1 Å². The second kappa shape index (κ2) is 19.3. The molecule has 4 atom stereocenters. The normalized spacial score (nSPS) is 20.6. The van der Waals surface area contributed by atoms with E-state index in [4.69, 9.17) is 22.9 Å². The molecule has 1 heterocycles. The number of hydrogen-bond acceptors (Lipinski definition) is 7. The van der Waals surface area contributed by atoms with E-state index in [-0.39, 0.29) is 43.6 Å². The maximum Gasteiger partial charge on any atom is 0.243 e. The van der Waals surface area contributed by atoms with Crippen LogP contribution in [0.25, 0.3) is 10.8 Å². The van der Waals surface area contributed by atoms with Gasteiger partial charge in [0.15, 0.2) is 11.9 Å². The van der Waals surface area contributed by atoms with Crippen LogP contribution in [0.2, 0.25) is 0 Å². The van der Waals surface area contributed by atoms with Crippen LogP contribution in [-0.4, -0.2) is 78.4 Å². The van der Waals surface area contributed by atoms with Gasteiger partial charge in [0.05, 0.1) is 12.5 Å². The topological polar surface area (TPSA) is 265 Å². The number of fused-ring (bicyclic) bond motifs is 1. The number of aliphatic imine (C=N–C) groups is 2. The predicted octanol–water partition coefficient (Wildman–Crippen LogP) is 0.194. The highest BCUT2D eigenvalue weighted by molar-refractivity contribution is 5.94. The monoisotopic (exact) mass is 712 g/mol. The van der Waals surface area contributed by atoms with Gasteiger partial charge in [0.25, 0.3) is 0 Å². The highest BCUT2D eigenvalue weighted by Gasteiger charge is 2.29. The van der Waals surface area contributed by atoms with Crippen LogP contribution >= 0.6 is 0 Å². The molecule has 0 bridgehead atoms. The Morgan fingerprint density at radius 1 is 0.673 bits per heavy atom. The molecule has 0 saturated carbocycles. The number of guanidine groups is 2. The Morgan fingerprint density at radius 3 is 2.00 bits per heavy atom. The molecule has 1 aliphatic heterocycles. The number of aromatic hydroxyl groups is 1. The summed E-state index contributed by atoms with van der Waals surface area (Å²) >= 11 is 0. The lowest BCUT2D eigenvalue weighted by Crippen LogP contribution is -2.56. The number of nitrogens with one attached hydrogen (secondary N) is 4. The molecule has 0 aromatic heterocycles. The van der Waals surface area contributed by atoms with E-state index in [0.29, 0.717) is 37.8 Å². The van der Waals surface area contributed by atoms with E-state index >= 15 is 0 Å². The molecule has 0 aliphatic carbocycles. The number of hydrogen-bond donors (Lipinski definition) is 9. The summed E-state index contributed by atoms with van der Waals surface area (Å²) in [7, 11) is 0. The molecule has 3 aromatic carbocycles. The van der Waals surface area contributed by atoms with Gasteiger partial charge in [-0.3, -0.25) is 29.2 Å². The van der Waals surface area contributed by atoms with Crippen LogP contribution in [0, 0.1) is 5.92 Å². The number of phenolic OH excluding ortho intramolecular Hbond substituents is 1. The van der Waals surface area contributed by atoms with Gasteiger partial charge in [-0.25, -0.2) is 0 Å². The van der Waals surface area contributed by atoms with E-state index in [2.05, 4.69) is 31.3 Å². The molecule has 52 heavy (non-hydrogen) atoms. The summed E-state index contributed by atoms with van der Waals surface area (Å²) in [5.74, 6) is -2.91. The molecule has 0 radical (unpaired) electrons. The zero-order valence-electron chi connectivity index (χ0n) is 29.0. The quantitative estimate of drug-likeness (QED) is 0.0536. The third-order valence-corrected chi connectivity index (χ3v) is 8.51. The highest BCUT2D eigenvalue weighted by Crippen LogP contribution is 2.20. The minimum absolute atomic E-state index is 0.0410. The number of carbonyl (C=O) groups excluding carboxylic acids is 4. The molecular weight excluding hydrogens is 664 g/mol. The van der Waals surface area contributed by atoms with Crippen LogP contribution in [-0.2, 0) is 32.0 Å². The second-order valence-corrected chi connectivity index (χ2v) is 12.7. The van der Waals surface area contributed by atoms with E-state index < -0.39 is 47.7 Å². The lowest BCUT2D eigenvalue weighted by Gasteiger charge is -2.25. The fourth-order valence-electron chi connectivity index (χ4n) is 5.82. The van der Waals surface area contributed by atoms with Gasteiger partial charge in [0.2, 0.25) is 23.6 Å². The van der Waals surface area contributed by atoms with Crippen molar-refractivity contribution < 1.29 is 24.3 Å². The number of benzene rings is 3. The minimum Gasteiger partial charge on any atom is -0.508 e. The second-order valence-electron chi connectivity index (χ2n) is 12.7. The van der Waals surface area contributed by atoms with Gasteiger partial charge in [-0.15, -0.1) is 0 Å². The van der Waals surface area contributed by atoms with E-state index in [9.17, 15) is 24.3 Å². The lowest BCUT2D eigenvalue weighted by atomic mass is 9.95. The minimum atomic E-state index is -1.12. The van der Waals surface area contributed by atoms with Gasteiger partial charge in [0, 0.05) is 25.6 Å². The standard InChI is InChI=1S/C37H48N10O5/c38-36(39)42-17-3-7-28-14-13-27(20-24-9-12-25-5-1-2-6-26(25)19-24)33(50)44-22-32(49)46-31(21-23-10-15-29(48)16-11-23)35(52)47-30(34(51)45-28)8-4-18-43-37(40)41/h1-2,5-6,9-16,19,27-28,30-31,48H,3-4,7-8,17-18,20-22H2,(H,44,50)(H,45,51)(H,46,49)(H,47,52)(H4,38,39,42)(H4,40,41,43)/b14-13+/t27-,28-,30-,31?/m0/s1. The third kappa shape index (κ3) is 12.6.